The number of pyridine rings is 1. The summed E-state index contributed by atoms with van der Waals surface area (Å²) in [6.45, 7) is 5.19. The van der Waals surface area contributed by atoms with E-state index in [1.165, 1.54) is 11.1 Å². The molecular formula is C29H32N6O2. The van der Waals surface area contributed by atoms with Crippen molar-refractivity contribution in [3.63, 3.8) is 0 Å². The number of hydrogen-bond donors (Lipinski definition) is 1. The van der Waals surface area contributed by atoms with Crippen LogP contribution in [0.4, 0.5) is 10.6 Å². The molecular weight excluding hydrogens is 464 g/mol. The van der Waals surface area contributed by atoms with Crippen LogP contribution < -0.4 is 5.32 Å². The Kier molecular flexibility index (Phi) is 8.07. The molecule has 1 N–H and O–H groups in total. The number of carbonyl (C=O) groups is 1. The number of piperazine rings is 1. The Morgan fingerprint density at radius 3 is 2.30 bits per heavy atom. The number of aromatic nitrogens is 3. The second-order valence-electron chi connectivity index (χ2n) is 9.13. The Morgan fingerprint density at radius 1 is 0.811 bits per heavy atom. The smallest absolute Gasteiger partial charge is 0.410 e. The normalized spacial score (nSPS) is 13.9. The molecule has 8 heteroatoms. The van der Waals surface area contributed by atoms with Crippen LogP contribution >= 0.6 is 0 Å². The van der Waals surface area contributed by atoms with Crippen molar-refractivity contribution in [2.75, 3.05) is 31.5 Å². The van der Waals surface area contributed by atoms with Gasteiger partial charge >= 0.3 is 6.09 Å². The maximum atomic E-state index is 12.7. The van der Waals surface area contributed by atoms with Crippen LogP contribution in [0.15, 0.2) is 91.4 Å². The Balaban J connectivity index is 1.09. The molecule has 0 saturated carbocycles. The predicted octanol–water partition coefficient (Wildman–Crippen LogP) is 4.39. The number of benzene rings is 2. The van der Waals surface area contributed by atoms with Crippen molar-refractivity contribution in [1.82, 2.24) is 24.3 Å². The van der Waals surface area contributed by atoms with E-state index >= 15 is 0 Å². The van der Waals surface area contributed by atoms with Gasteiger partial charge in [0, 0.05) is 70.0 Å². The molecule has 37 heavy (non-hydrogen) atoms. The molecule has 0 radical (unpaired) electrons. The van der Waals surface area contributed by atoms with E-state index in [1.807, 2.05) is 59.4 Å². The molecule has 1 fully saturated rings. The van der Waals surface area contributed by atoms with E-state index < -0.39 is 0 Å². The van der Waals surface area contributed by atoms with Gasteiger partial charge in [-0.05, 0) is 17.2 Å². The zero-order valence-corrected chi connectivity index (χ0v) is 20.9. The van der Waals surface area contributed by atoms with Crippen LogP contribution in [0.3, 0.4) is 0 Å². The van der Waals surface area contributed by atoms with Gasteiger partial charge in [-0.25, -0.2) is 14.8 Å². The van der Waals surface area contributed by atoms with E-state index in [1.54, 1.807) is 11.1 Å². The van der Waals surface area contributed by atoms with Crippen molar-refractivity contribution in [3.8, 4) is 0 Å². The number of anilines is 1. The van der Waals surface area contributed by atoms with Crippen molar-refractivity contribution < 1.29 is 9.53 Å². The van der Waals surface area contributed by atoms with Crippen molar-refractivity contribution >= 4 is 11.9 Å². The van der Waals surface area contributed by atoms with Crippen molar-refractivity contribution in [3.05, 3.63) is 114 Å². The number of rotatable bonds is 9. The minimum Gasteiger partial charge on any atom is -0.441 e. The van der Waals surface area contributed by atoms with Crippen LogP contribution in [0.1, 0.15) is 22.5 Å². The first-order chi connectivity index (χ1) is 18.2. The number of hydrogen-bond acceptors (Lipinski definition) is 6. The second kappa shape index (κ2) is 12.2. The standard InChI is InChI=1S/C29H32N6O2/c36-29(37-23-27-30-14-15-35(27)21-25-10-5-2-6-11-25)34-18-16-33(17-19-34)22-26-12-7-13-31-28(26)32-20-24-8-3-1-4-9-24/h1-15H,16-23H2,(H,31,32). The van der Waals surface area contributed by atoms with Crippen LogP contribution in [0.2, 0.25) is 0 Å². The molecule has 190 valence electrons. The molecule has 1 aliphatic rings. The summed E-state index contributed by atoms with van der Waals surface area (Å²) in [5.74, 6) is 1.64. The molecule has 0 aliphatic carbocycles. The summed E-state index contributed by atoms with van der Waals surface area (Å²) in [6, 6.07) is 24.6. The van der Waals surface area contributed by atoms with E-state index in [-0.39, 0.29) is 12.7 Å². The maximum absolute atomic E-state index is 12.7. The van der Waals surface area contributed by atoms with Gasteiger partial charge in [-0.15, -0.1) is 0 Å². The third kappa shape index (κ3) is 6.74. The summed E-state index contributed by atoms with van der Waals surface area (Å²) in [5, 5.41) is 3.47. The lowest BCUT2D eigenvalue weighted by molar-refractivity contribution is 0.0679. The van der Waals surface area contributed by atoms with Crippen LogP contribution in [0.25, 0.3) is 0 Å². The van der Waals surface area contributed by atoms with Crippen molar-refractivity contribution in [2.45, 2.75) is 26.2 Å². The summed E-state index contributed by atoms with van der Waals surface area (Å²) in [7, 11) is 0. The predicted molar refractivity (Wildman–Crippen MR) is 143 cm³/mol. The van der Waals surface area contributed by atoms with E-state index in [2.05, 4.69) is 50.5 Å². The number of carbonyl (C=O) groups excluding carboxylic acids is 1. The Labute approximate surface area is 217 Å². The molecule has 3 heterocycles. The molecule has 0 spiro atoms. The molecule has 1 saturated heterocycles. The fourth-order valence-electron chi connectivity index (χ4n) is 4.46. The van der Waals surface area contributed by atoms with Gasteiger partial charge in [-0.2, -0.15) is 0 Å². The average molecular weight is 497 g/mol. The fraction of sp³-hybridized carbons (Fsp3) is 0.276. The Bertz CT molecular complexity index is 1270. The molecule has 0 bridgehead atoms. The molecule has 0 unspecified atom stereocenters. The highest BCUT2D eigenvalue weighted by atomic mass is 16.6. The number of ether oxygens (including phenoxy) is 1. The highest BCUT2D eigenvalue weighted by molar-refractivity contribution is 5.67. The molecule has 2 aromatic carbocycles. The lowest BCUT2D eigenvalue weighted by Gasteiger charge is -2.34. The lowest BCUT2D eigenvalue weighted by atomic mass is 10.2. The average Bonchev–Trinajstić information content (AvgIpc) is 3.39. The monoisotopic (exact) mass is 496 g/mol. The molecule has 0 atom stereocenters. The van der Waals surface area contributed by atoms with E-state index in [0.717, 1.165) is 43.4 Å². The number of imidazole rings is 1. The van der Waals surface area contributed by atoms with E-state index in [4.69, 9.17) is 4.74 Å². The summed E-state index contributed by atoms with van der Waals surface area (Å²) >= 11 is 0. The highest BCUT2D eigenvalue weighted by Gasteiger charge is 2.23. The first-order valence-corrected chi connectivity index (χ1v) is 12.6. The quantitative estimate of drug-likeness (QED) is 0.370. The largest absolute Gasteiger partial charge is 0.441 e. The van der Waals surface area contributed by atoms with E-state index in [9.17, 15) is 4.79 Å². The summed E-state index contributed by atoms with van der Waals surface area (Å²) < 4.78 is 7.63. The van der Waals surface area contributed by atoms with Crippen molar-refractivity contribution in [2.24, 2.45) is 0 Å². The lowest BCUT2D eigenvalue weighted by Crippen LogP contribution is -2.48. The third-order valence-corrected chi connectivity index (χ3v) is 6.54. The van der Waals surface area contributed by atoms with Gasteiger partial charge in [-0.3, -0.25) is 4.90 Å². The SMILES string of the molecule is O=C(OCc1nccn1Cc1ccccc1)N1CCN(Cc2cccnc2NCc2ccccc2)CC1. The molecule has 5 rings (SSSR count). The van der Waals surface area contributed by atoms with Gasteiger partial charge in [0.05, 0.1) is 0 Å². The number of nitrogens with one attached hydrogen (secondary N) is 1. The van der Waals surface area contributed by atoms with Gasteiger partial charge in [-0.1, -0.05) is 66.7 Å². The summed E-state index contributed by atoms with van der Waals surface area (Å²) in [6.07, 6.45) is 5.18. The van der Waals surface area contributed by atoms with Crippen LogP contribution in [-0.4, -0.2) is 56.6 Å². The number of amides is 1. The van der Waals surface area contributed by atoms with Gasteiger partial charge in [0.15, 0.2) is 6.61 Å². The highest BCUT2D eigenvalue weighted by Crippen LogP contribution is 2.17. The molecule has 4 aromatic rings. The first-order valence-electron chi connectivity index (χ1n) is 12.6. The molecule has 1 aliphatic heterocycles. The minimum atomic E-state index is -0.291. The van der Waals surface area contributed by atoms with Crippen LogP contribution in [0, 0.1) is 0 Å². The van der Waals surface area contributed by atoms with Gasteiger partial charge in [0.2, 0.25) is 0 Å². The summed E-state index contributed by atoms with van der Waals surface area (Å²) in [4.78, 5) is 25.8. The van der Waals surface area contributed by atoms with Gasteiger partial charge in [0.1, 0.15) is 11.6 Å². The zero-order valence-electron chi connectivity index (χ0n) is 20.9. The Morgan fingerprint density at radius 2 is 1.54 bits per heavy atom. The molecule has 8 nitrogen and oxygen atoms in total. The van der Waals surface area contributed by atoms with Crippen LogP contribution in [-0.2, 0) is 31.0 Å². The zero-order chi connectivity index (χ0) is 25.3. The van der Waals surface area contributed by atoms with E-state index in [0.29, 0.717) is 19.6 Å². The van der Waals surface area contributed by atoms with Gasteiger partial charge in [0.25, 0.3) is 0 Å². The number of nitrogens with zero attached hydrogens (tertiary/aromatic N) is 5. The maximum Gasteiger partial charge on any atom is 0.410 e. The molecule has 2 aromatic heterocycles. The topological polar surface area (TPSA) is 75.5 Å². The molecule has 1 amide bonds. The third-order valence-electron chi connectivity index (χ3n) is 6.54. The van der Waals surface area contributed by atoms with Crippen LogP contribution in [0.5, 0.6) is 0 Å². The minimum absolute atomic E-state index is 0.158. The second-order valence-corrected chi connectivity index (χ2v) is 9.13. The van der Waals surface area contributed by atoms with Gasteiger partial charge < -0.3 is 19.5 Å². The Hall–Kier alpha value is -4.17. The first kappa shape index (κ1) is 24.5. The fourth-order valence-corrected chi connectivity index (χ4v) is 4.46. The summed E-state index contributed by atoms with van der Waals surface area (Å²) in [5.41, 5.74) is 3.55. The van der Waals surface area contributed by atoms with Crippen molar-refractivity contribution in [1.29, 1.82) is 0 Å².